The highest BCUT2D eigenvalue weighted by Crippen LogP contribution is 2.32. The molecule has 0 unspecified atom stereocenters. The molecule has 6 aromatic rings. The van der Waals surface area contributed by atoms with Crippen LogP contribution in [0, 0.1) is 24.0 Å². The minimum Gasteiger partial charge on any atom is -0.391 e. The first-order chi connectivity index (χ1) is 40.2. The van der Waals surface area contributed by atoms with Gasteiger partial charge in [-0.25, -0.2) is 27.2 Å². The van der Waals surface area contributed by atoms with E-state index in [1.165, 1.54) is 11.1 Å². The smallest absolute Gasteiger partial charge is 0.251 e. The van der Waals surface area contributed by atoms with Gasteiger partial charge in [0.25, 0.3) is 5.91 Å². The van der Waals surface area contributed by atoms with Crippen molar-refractivity contribution >= 4 is 67.5 Å². The summed E-state index contributed by atoms with van der Waals surface area (Å²) in [6.07, 6.45) is 10.3. The highest BCUT2D eigenvalue weighted by molar-refractivity contribution is 7.92. The van der Waals surface area contributed by atoms with Crippen molar-refractivity contribution in [3.8, 4) is 21.6 Å². The number of thiazole rings is 1. The molecule has 18 nitrogen and oxygen atoms in total. The highest BCUT2D eigenvalue weighted by Gasteiger charge is 2.44. The van der Waals surface area contributed by atoms with Crippen molar-refractivity contribution < 1.29 is 55.8 Å². The van der Waals surface area contributed by atoms with Crippen molar-refractivity contribution in [3.05, 3.63) is 124 Å². The number of pyridine rings is 1. The van der Waals surface area contributed by atoms with Crippen LogP contribution < -0.4 is 20.7 Å². The Hall–Kier alpha value is -6.98. The number of carbonyl (C=O) groups is 5. The van der Waals surface area contributed by atoms with Gasteiger partial charge in [0, 0.05) is 93.4 Å². The molecule has 0 radical (unpaired) electrons. The summed E-state index contributed by atoms with van der Waals surface area (Å²) >= 11 is 1.57. The second-order valence-electron chi connectivity index (χ2n) is 22.3. The molecule has 84 heavy (non-hydrogen) atoms. The number of amides is 4. The number of halogens is 2. The zero-order chi connectivity index (χ0) is 60.4. The van der Waals surface area contributed by atoms with Crippen LogP contribution in [-0.2, 0) is 40.4 Å². The van der Waals surface area contributed by atoms with Gasteiger partial charge in [-0.05, 0) is 111 Å². The van der Waals surface area contributed by atoms with Gasteiger partial charge < -0.3 is 40.4 Å². The molecule has 22 heteroatoms. The van der Waals surface area contributed by atoms with Gasteiger partial charge in [-0.3, -0.25) is 28.7 Å². The van der Waals surface area contributed by atoms with E-state index in [9.17, 15) is 41.9 Å². The first-order valence-corrected chi connectivity index (χ1v) is 31.4. The van der Waals surface area contributed by atoms with Crippen LogP contribution in [0.25, 0.3) is 32.6 Å². The van der Waals surface area contributed by atoms with E-state index in [-0.39, 0.29) is 61.4 Å². The highest BCUT2D eigenvalue weighted by atomic mass is 32.2. The number of carbonyl (C=O) groups excluding carboxylic acids is 5. The number of nitrogens with zero attached hydrogens (tertiary/aromatic N) is 3. The summed E-state index contributed by atoms with van der Waals surface area (Å²) in [6.45, 7) is 12.5. The lowest BCUT2D eigenvalue weighted by Crippen LogP contribution is -2.57. The van der Waals surface area contributed by atoms with Crippen LogP contribution in [0.4, 0.5) is 14.5 Å². The fourth-order valence-electron chi connectivity index (χ4n) is 9.90. The standard InChI is InChI=1S/C62H78F2N8O10S2/c1-6-32-84(79,80)71-50-26-25-49(63)53(54(50)64)55(75)48-37-67-58-47(48)33-45(36-66-58)42-21-23-44(24-22-42)59(76)65-27-11-7-8-12-28-81-29-13-9-14-30-82-31-15-10-16-52(74)70-57(62(3,4)5)61(78)72-38-46(73)34-51(72)60(77)68-35-41-17-19-43(20-18-41)56-40(2)69-39-83-56/h17-26,33,36-37,39,46,51,57,71,73H,6-16,27-32,34-35,38H2,1-5H3,(H,65,76)(H,66,67)(H,68,77)(H,70,74)/t46-,51+,57-/m1/s1. The monoisotopic (exact) mass is 1200 g/mol. The van der Waals surface area contributed by atoms with Gasteiger partial charge in [-0.2, -0.15) is 0 Å². The van der Waals surface area contributed by atoms with E-state index in [1.54, 1.807) is 54.8 Å². The minimum atomic E-state index is -3.91. The van der Waals surface area contributed by atoms with Crippen molar-refractivity contribution in [1.29, 1.82) is 0 Å². The Morgan fingerprint density at radius 1 is 0.833 bits per heavy atom. The molecular formula is C62H78F2N8O10S2. The number of sulfonamides is 1. The number of aliphatic hydroxyl groups excluding tert-OH is 1. The van der Waals surface area contributed by atoms with Crippen LogP contribution in [0.5, 0.6) is 0 Å². The number of fused-ring (bicyclic) bond motifs is 1. The van der Waals surface area contributed by atoms with Gasteiger partial charge in [0.15, 0.2) is 5.82 Å². The predicted molar refractivity (Wildman–Crippen MR) is 321 cm³/mol. The van der Waals surface area contributed by atoms with Gasteiger partial charge in [0.2, 0.25) is 33.5 Å². The fourth-order valence-corrected chi connectivity index (χ4v) is 11.8. The number of anilines is 1. The predicted octanol–water partition coefficient (Wildman–Crippen LogP) is 9.80. The Kier molecular flexibility index (Phi) is 23.6. The molecule has 7 rings (SSSR count). The number of benzene rings is 3. The number of aromatic nitrogens is 3. The molecule has 3 aromatic carbocycles. The summed E-state index contributed by atoms with van der Waals surface area (Å²) < 4.78 is 68.8. The van der Waals surface area contributed by atoms with Gasteiger partial charge >= 0.3 is 0 Å². The van der Waals surface area contributed by atoms with Gasteiger partial charge in [0.05, 0.1) is 39.2 Å². The maximum atomic E-state index is 15.5. The third kappa shape index (κ3) is 18.0. The second kappa shape index (κ2) is 30.7. The molecule has 1 saturated heterocycles. The lowest BCUT2D eigenvalue weighted by Gasteiger charge is -2.35. The normalized spacial score (nSPS) is 14.8. The maximum absolute atomic E-state index is 15.5. The van der Waals surface area contributed by atoms with Crippen molar-refractivity contribution in [2.45, 2.75) is 136 Å². The fraction of sp³-hybridized carbons (Fsp3) is 0.468. The third-order valence-electron chi connectivity index (χ3n) is 14.5. The Labute approximate surface area is 494 Å². The van der Waals surface area contributed by atoms with Gasteiger partial charge in [-0.15, -0.1) is 11.3 Å². The van der Waals surface area contributed by atoms with E-state index in [0.29, 0.717) is 73.5 Å². The Balaban J connectivity index is 0.704. The molecule has 4 heterocycles. The number of aromatic amines is 1. The molecule has 0 saturated carbocycles. The zero-order valence-corrected chi connectivity index (χ0v) is 50.1. The first-order valence-electron chi connectivity index (χ1n) is 28.8. The molecule has 452 valence electrons. The average Bonchev–Trinajstić information content (AvgIpc) is 2.90. The summed E-state index contributed by atoms with van der Waals surface area (Å²) in [5, 5.41) is 19.7. The lowest BCUT2D eigenvalue weighted by molar-refractivity contribution is -0.144. The lowest BCUT2D eigenvalue weighted by atomic mass is 9.85. The van der Waals surface area contributed by atoms with E-state index in [1.807, 2.05) is 57.5 Å². The summed E-state index contributed by atoms with van der Waals surface area (Å²) in [5.41, 5.74) is 4.63. The topological polar surface area (TPSA) is 251 Å². The molecule has 0 aliphatic carbocycles. The third-order valence-corrected chi connectivity index (χ3v) is 17.0. The maximum Gasteiger partial charge on any atom is 0.251 e. The molecule has 1 aliphatic heterocycles. The molecular weight excluding hydrogens is 1120 g/mol. The van der Waals surface area contributed by atoms with Crippen molar-refractivity contribution in [2.24, 2.45) is 5.41 Å². The number of likely N-dealkylation sites (tertiary alicyclic amines) is 1. The van der Waals surface area contributed by atoms with Crippen LogP contribution in [0.2, 0.25) is 0 Å². The van der Waals surface area contributed by atoms with Crippen LogP contribution in [0.3, 0.4) is 0 Å². The van der Waals surface area contributed by atoms with E-state index in [0.717, 1.165) is 78.8 Å². The van der Waals surface area contributed by atoms with E-state index >= 15 is 4.39 Å². The summed E-state index contributed by atoms with van der Waals surface area (Å²) in [5.74, 6) is -4.95. The summed E-state index contributed by atoms with van der Waals surface area (Å²) in [6, 6.07) is 16.4. The number of H-pyrrole nitrogens is 1. The number of unbranched alkanes of at least 4 members (excludes halogenated alkanes) is 6. The molecule has 1 fully saturated rings. The summed E-state index contributed by atoms with van der Waals surface area (Å²) in [7, 11) is -3.91. The number of ether oxygens (including phenoxy) is 2. The van der Waals surface area contributed by atoms with Crippen LogP contribution in [0.1, 0.15) is 142 Å². The molecule has 1 aliphatic rings. The number of nitrogens with one attached hydrogen (secondary N) is 5. The molecule has 0 bridgehead atoms. The Bertz CT molecular complexity index is 3310. The molecule has 4 amide bonds. The minimum absolute atomic E-state index is 0.00773. The number of hydrogen-bond acceptors (Lipinski definition) is 13. The molecule has 6 N–H and O–H groups in total. The van der Waals surface area contributed by atoms with Crippen molar-refractivity contribution in [1.82, 2.24) is 35.8 Å². The van der Waals surface area contributed by atoms with Crippen LogP contribution in [-0.4, -0.2) is 126 Å². The number of hydrogen-bond donors (Lipinski definition) is 6. The number of ketones is 1. The Morgan fingerprint density at radius 2 is 1.49 bits per heavy atom. The number of aliphatic hydroxyl groups is 1. The van der Waals surface area contributed by atoms with Crippen molar-refractivity contribution in [3.63, 3.8) is 0 Å². The van der Waals surface area contributed by atoms with E-state index in [4.69, 9.17) is 9.47 Å². The van der Waals surface area contributed by atoms with Crippen LogP contribution >= 0.6 is 11.3 Å². The summed E-state index contributed by atoms with van der Waals surface area (Å²) in [4.78, 5) is 81.1. The zero-order valence-electron chi connectivity index (χ0n) is 48.5. The SMILES string of the molecule is CCCS(=O)(=O)Nc1ccc(F)c(C(=O)c2c[nH]c3ncc(-c4ccc(C(=O)NCCCCCCOCCCCCOCCCCC(=O)N[C@H](C(=O)N5C[C@H](O)C[C@H]5C(=O)NCc5ccc(-c6scnc6C)cc5)C(C)(C)C)cc4)cc23)c1F. The van der Waals surface area contributed by atoms with Crippen LogP contribution in [0.15, 0.2) is 84.6 Å². The average molecular weight is 1200 g/mol. The second-order valence-corrected chi connectivity index (χ2v) is 25.0. The first kappa shape index (κ1) is 64.6. The quantitative estimate of drug-likeness (QED) is 0.0171. The van der Waals surface area contributed by atoms with E-state index in [2.05, 4.69) is 35.6 Å². The number of rotatable bonds is 32. The number of aryl methyl sites for hydroxylation is 1. The van der Waals surface area contributed by atoms with Crippen molar-refractivity contribution in [2.75, 3.05) is 50.0 Å². The molecule has 0 spiro atoms. The Morgan fingerprint density at radius 3 is 2.14 bits per heavy atom. The molecule has 3 atom stereocenters. The van der Waals surface area contributed by atoms with Gasteiger partial charge in [-0.1, -0.05) is 76.9 Å². The largest absolute Gasteiger partial charge is 0.391 e. The van der Waals surface area contributed by atoms with E-state index < -0.39 is 68.2 Å². The number of β-amino-alcohol motifs (C(OH)–C–C–N with tert-alkyl or cyclic N) is 1. The van der Waals surface area contributed by atoms with Gasteiger partial charge in [0.1, 0.15) is 23.5 Å². The molecule has 3 aromatic heterocycles.